The fourth-order valence-corrected chi connectivity index (χ4v) is 6.39. The molecule has 2 aliphatic heterocycles. The predicted molar refractivity (Wildman–Crippen MR) is 202 cm³/mol. The molecule has 1 fully saturated rings. The highest BCUT2D eigenvalue weighted by Gasteiger charge is 2.49. The first-order chi connectivity index (χ1) is 27.0. The van der Waals surface area contributed by atoms with Gasteiger partial charge in [-0.05, 0) is 45.1 Å². The number of nitrogens with zero attached hydrogens (tertiary/aromatic N) is 1. The number of aliphatic hydroxyl groups is 3. The van der Waals surface area contributed by atoms with Crippen molar-refractivity contribution < 1.29 is 58.7 Å². The number of nitrogens with two attached hydrogens (primary N) is 5. The molecule has 5 amide bonds. The molecular formula is C33H62N12O12. The number of primary amides is 1. The molecule has 20 N–H and O–H groups in total. The van der Waals surface area contributed by atoms with Crippen molar-refractivity contribution in [3.63, 3.8) is 0 Å². The number of carboxylic acids is 1. The summed E-state index contributed by atoms with van der Waals surface area (Å²) in [5.74, 6) is -3.21. The first-order valence-corrected chi connectivity index (χ1v) is 18.9. The van der Waals surface area contributed by atoms with E-state index >= 15 is 0 Å². The number of carbonyl (C=O) groups is 6. The quantitative estimate of drug-likeness (QED) is 0.0381. The van der Waals surface area contributed by atoms with Crippen molar-refractivity contribution in [1.29, 1.82) is 0 Å². The van der Waals surface area contributed by atoms with Gasteiger partial charge in [-0.1, -0.05) is 0 Å². The summed E-state index contributed by atoms with van der Waals surface area (Å²) in [4.78, 5) is 77.3. The van der Waals surface area contributed by atoms with Gasteiger partial charge in [-0.2, -0.15) is 0 Å². The summed E-state index contributed by atoms with van der Waals surface area (Å²) in [5, 5.41) is 57.2. The Balaban J connectivity index is 1.96. The van der Waals surface area contributed by atoms with E-state index in [2.05, 4.69) is 36.9 Å². The molecule has 0 bridgehead atoms. The Labute approximate surface area is 330 Å². The number of nitrogens with one attached hydrogen (secondary N) is 6. The van der Waals surface area contributed by atoms with Crippen LogP contribution in [-0.4, -0.2) is 162 Å². The van der Waals surface area contributed by atoms with Gasteiger partial charge in [-0.15, -0.1) is 0 Å². The molecule has 0 spiro atoms. The highest BCUT2D eigenvalue weighted by molar-refractivity contribution is 5.89. The predicted octanol–water partition coefficient (Wildman–Crippen LogP) is -6.44. The minimum absolute atomic E-state index is 0.0428. The summed E-state index contributed by atoms with van der Waals surface area (Å²) < 4.78 is 10.8. The molecule has 8 unspecified atom stereocenters. The molecule has 2 rings (SSSR count). The van der Waals surface area contributed by atoms with Crippen molar-refractivity contribution in [1.82, 2.24) is 31.9 Å². The molecule has 2 heterocycles. The molecule has 0 aromatic heterocycles. The van der Waals surface area contributed by atoms with E-state index in [9.17, 15) is 49.2 Å². The summed E-state index contributed by atoms with van der Waals surface area (Å²) in [7, 11) is 0. The summed E-state index contributed by atoms with van der Waals surface area (Å²) in [6, 6.07) is -5.51. The molecule has 24 nitrogen and oxygen atoms in total. The Hall–Kier alpha value is -4.43. The Bertz CT molecular complexity index is 1360. The maximum absolute atomic E-state index is 13.4. The van der Waals surface area contributed by atoms with Gasteiger partial charge in [0.05, 0.1) is 18.8 Å². The minimum atomic E-state index is -1.75. The maximum Gasteiger partial charge on any atom is 0.404 e. The molecule has 0 aromatic carbocycles. The third-order valence-electron chi connectivity index (χ3n) is 9.22. The first-order valence-electron chi connectivity index (χ1n) is 18.9. The number of guanidine groups is 1. The lowest BCUT2D eigenvalue weighted by molar-refractivity contribution is -0.198. The Morgan fingerprint density at radius 2 is 1.53 bits per heavy atom. The van der Waals surface area contributed by atoms with Crippen LogP contribution in [0.15, 0.2) is 4.99 Å². The van der Waals surface area contributed by atoms with Crippen molar-refractivity contribution in [2.75, 3.05) is 32.8 Å². The van der Waals surface area contributed by atoms with Crippen LogP contribution in [0.2, 0.25) is 0 Å². The van der Waals surface area contributed by atoms with Crippen molar-refractivity contribution in [2.45, 2.75) is 132 Å². The zero-order chi connectivity index (χ0) is 42.7. The number of aliphatic hydroxyl groups excluding tert-OH is 3. The summed E-state index contributed by atoms with van der Waals surface area (Å²) in [6.07, 6.45) is -5.76. The molecule has 2 aliphatic rings. The van der Waals surface area contributed by atoms with Crippen LogP contribution in [0.3, 0.4) is 0 Å². The largest absolute Gasteiger partial charge is 0.480 e. The number of hydrogen-bond donors (Lipinski definition) is 15. The van der Waals surface area contributed by atoms with E-state index in [0.717, 1.165) is 6.42 Å². The Morgan fingerprint density at radius 3 is 2.05 bits per heavy atom. The summed E-state index contributed by atoms with van der Waals surface area (Å²) in [5.41, 5.74) is 28.1. The highest BCUT2D eigenvalue weighted by Crippen LogP contribution is 2.24. The highest BCUT2D eigenvalue weighted by atomic mass is 16.6. The lowest BCUT2D eigenvalue weighted by Gasteiger charge is -2.44. The third-order valence-corrected chi connectivity index (χ3v) is 9.22. The number of carboxylic acid groups (broad SMARTS) is 1. The average Bonchev–Trinajstić information content (AvgIpc) is 3.57. The van der Waals surface area contributed by atoms with E-state index in [0.29, 0.717) is 38.8 Å². The number of ether oxygens (including phenoxy) is 2. The van der Waals surface area contributed by atoms with Crippen LogP contribution < -0.4 is 60.6 Å². The lowest BCUT2D eigenvalue weighted by atomic mass is 9.95. The second-order valence-electron chi connectivity index (χ2n) is 14.1. The van der Waals surface area contributed by atoms with Crippen molar-refractivity contribution in [3.8, 4) is 0 Å². The Kier molecular flexibility index (Phi) is 21.4. The molecule has 1 saturated heterocycles. The van der Waals surface area contributed by atoms with Crippen molar-refractivity contribution in [2.24, 2.45) is 33.7 Å². The van der Waals surface area contributed by atoms with Crippen molar-refractivity contribution in [3.05, 3.63) is 0 Å². The van der Waals surface area contributed by atoms with Gasteiger partial charge in [0.25, 0.3) is 0 Å². The van der Waals surface area contributed by atoms with E-state index in [1.807, 2.05) is 0 Å². The van der Waals surface area contributed by atoms with E-state index in [1.54, 1.807) is 0 Å². The SMILES string of the molecule is CC(=O)NC(CCCNC(=O)CC(N)CCCNC(=O)CC(N)CCCN)CC(=O)NC1C(NC2=N[C@H](C(=O)O)[C@@H]([C@H](O)CN)N2)OC(CO)C(OC(N)=O)C1O. The van der Waals surface area contributed by atoms with Gasteiger partial charge in [-0.3, -0.25) is 19.2 Å². The minimum Gasteiger partial charge on any atom is -0.480 e. The molecule has 0 saturated carbocycles. The van der Waals surface area contributed by atoms with Crippen LogP contribution in [0.25, 0.3) is 0 Å². The molecule has 0 aliphatic carbocycles. The van der Waals surface area contributed by atoms with Gasteiger partial charge in [0.2, 0.25) is 23.6 Å². The fraction of sp³-hybridized carbons (Fsp3) is 0.788. The third kappa shape index (κ3) is 17.3. The van der Waals surface area contributed by atoms with Gasteiger partial charge in [-0.25, -0.2) is 14.6 Å². The van der Waals surface area contributed by atoms with Crippen LogP contribution in [0.4, 0.5) is 4.79 Å². The van der Waals surface area contributed by atoms with Crippen LogP contribution in [0, 0.1) is 0 Å². The van der Waals surface area contributed by atoms with E-state index in [1.165, 1.54) is 6.92 Å². The van der Waals surface area contributed by atoms with Crippen LogP contribution in [-0.2, 0) is 33.4 Å². The van der Waals surface area contributed by atoms with Crippen LogP contribution in [0.5, 0.6) is 0 Å². The second kappa shape index (κ2) is 25.0. The van der Waals surface area contributed by atoms with E-state index in [-0.39, 0.29) is 62.6 Å². The van der Waals surface area contributed by atoms with Crippen LogP contribution in [0.1, 0.15) is 64.7 Å². The summed E-state index contributed by atoms with van der Waals surface area (Å²) >= 11 is 0. The Morgan fingerprint density at radius 1 is 0.930 bits per heavy atom. The lowest BCUT2D eigenvalue weighted by Crippen LogP contribution is -2.69. The number of carbonyl (C=O) groups excluding carboxylic acids is 5. The molecule has 24 heteroatoms. The van der Waals surface area contributed by atoms with E-state index < -0.39 is 91.3 Å². The maximum atomic E-state index is 13.4. The number of hydrogen-bond acceptors (Lipinski definition) is 18. The molecule has 0 aromatic rings. The van der Waals surface area contributed by atoms with Gasteiger partial charge < -0.3 is 90.5 Å². The monoisotopic (exact) mass is 818 g/mol. The van der Waals surface area contributed by atoms with Gasteiger partial charge >= 0.3 is 12.1 Å². The second-order valence-corrected chi connectivity index (χ2v) is 14.1. The zero-order valence-corrected chi connectivity index (χ0v) is 32.1. The standard InChI is InChI=1S/C33H62N12O12/c1-16(47)41-19(7-4-10-40-23(50)12-18(37)6-3-9-39-22(49)11-17(36)5-2-8-34)13-24(51)42-27-28(52)29(57-32(38)55)21(15-46)56-30(27)45-33-43-25(20(48)14-35)26(44-33)31(53)54/h17-21,25-30,46,48,52H,2-15,34-37H2,1H3,(H2,38,55)(H,39,49)(H,40,50)(H,41,47)(H,42,51)(H,53,54)(H2,43,44,45)/t17?,18?,19?,20-,21?,25-,26+,27?,28?,29?,30?/m1/s1. The number of rotatable bonds is 25. The molecular weight excluding hydrogens is 756 g/mol. The number of aliphatic imine (C=N–C) groups is 1. The summed E-state index contributed by atoms with van der Waals surface area (Å²) in [6.45, 7) is 1.28. The molecule has 11 atom stereocenters. The van der Waals surface area contributed by atoms with Gasteiger partial charge in [0, 0.05) is 63.9 Å². The fourth-order valence-electron chi connectivity index (χ4n) is 6.39. The average molecular weight is 819 g/mol. The van der Waals surface area contributed by atoms with Gasteiger partial charge in [0.15, 0.2) is 24.3 Å². The van der Waals surface area contributed by atoms with Crippen molar-refractivity contribution >= 4 is 41.7 Å². The molecule has 326 valence electrons. The number of amides is 5. The van der Waals surface area contributed by atoms with Crippen LogP contribution >= 0.6 is 0 Å². The molecule has 57 heavy (non-hydrogen) atoms. The zero-order valence-electron chi connectivity index (χ0n) is 32.1. The van der Waals surface area contributed by atoms with Gasteiger partial charge in [0.1, 0.15) is 18.2 Å². The number of aliphatic carboxylic acids is 1. The normalized spacial score (nSPS) is 25.1. The first kappa shape index (κ1) is 48.7. The smallest absolute Gasteiger partial charge is 0.404 e. The topological polar surface area (TPSA) is 416 Å². The van der Waals surface area contributed by atoms with E-state index in [4.69, 9.17) is 38.1 Å². The molecule has 0 radical (unpaired) electrons.